The number of nitrogens with one attached hydrogen (secondary N) is 3. The first kappa shape index (κ1) is 45.4. The molecule has 2 amide bonds. The van der Waals surface area contributed by atoms with E-state index in [1.807, 2.05) is 17.4 Å². The Bertz CT molecular complexity index is 2230. The number of alkyl halides is 5. The van der Waals surface area contributed by atoms with Crippen LogP contribution in [0.5, 0.6) is 0 Å². The van der Waals surface area contributed by atoms with Crippen molar-refractivity contribution in [1.82, 2.24) is 35.6 Å². The van der Waals surface area contributed by atoms with E-state index in [1.165, 1.54) is 25.2 Å². The van der Waals surface area contributed by atoms with Crippen molar-refractivity contribution in [2.45, 2.75) is 88.7 Å². The fourth-order valence-corrected chi connectivity index (χ4v) is 8.26. The third-order valence-electron chi connectivity index (χ3n) is 12.1. The van der Waals surface area contributed by atoms with Crippen LogP contribution in [-0.2, 0) is 27.2 Å². The van der Waals surface area contributed by atoms with Crippen LogP contribution in [0.1, 0.15) is 55.5 Å². The third-order valence-corrected chi connectivity index (χ3v) is 12.1. The first-order valence-electron chi connectivity index (χ1n) is 20.8. The molecule has 18 heteroatoms. The molecule has 3 aliphatic rings. The highest BCUT2D eigenvalue weighted by Gasteiger charge is 2.56. The number of alkyl carbamates (subject to hydrolysis) is 1. The Labute approximate surface area is 362 Å². The number of halogens is 5. The van der Waals surface area contributed by atoms with E-state index in [9.17, 15) is 36.6 Å². The Kier molecular flexibility index (Phi) is 14.0. The lowest BCUT2D eigenvalue weighted by Crippen LogP contribution is -2.62. The summed E-state index contributed by atoms with van der Waals surface area (Å²) in [5.41, 5.74) is 1.30. The van der Waals surface area contributed by atoms with Gasteiger partial charge >= 0.3 is 18.8 Å². The Balaban J connectivity index is 1.00. The SMILES string of the molecule is COC(=O)N[C@H](C(=O)N[C@@H](Cc1ccc(C#Cc2ccc(N3CC4CCC(C3)N4C3COC3)nc2)cc1)[C@@H](O)CNCc1ccc(-c2cnn(C(F)F)c2)cc1)C(C)(C)C(F)(F)F. The van der Waals surface area contributed by atoms with Gasteiger partial charge in [-0.2, -0.15) is 27.1 Å². The molecule has 0 radical (unpaired) electrons. The van der Waals surface area contributed by atoms with Crippen molar-refractivity contribution in [3.05, 3.63) is 102 Å². The van der Waals surface area contributed by atoms with Crippen molar-refractivity contribution in [3.8, 4) is 23.0 Å². The molecule has 2 aromatic carbocycles. The molecule has 2 unspecified atom stereocenters. The van der Waals surface area contributed by atoms with E-state index in [1.54, 1.807) is 54.7 Å². The lowest BCUT2D eigenvalue weighted by molar-refractivity contribution is -0.220. The summed E-state index contributed by atoms with van der Waals surface area (Å²) < 4.78 is 79.1. The van der Waals surface area contributed by atoms with E-state index in [-0.39, 0.29) is 19.5 Å². The van der Waals surface area contributed by atoms with Gasteiger partial charge in [-0.15, -0.1) is 0 Å². The third kappa shape index (κ3) is 10.8. The number of aromatic nitrogens is 3. The molecule has 4 aromatic rings. The molecule has 336 valence electrons. The summed E-state index contributed by atoms with van der Waals surface area (Å²) >= 11 is 0. The zero-order valence-electron chi connectivity index (χ0n) is 35.1. The number of carbonyl (C=O) groups is 2. The van der Waals surface area contributed by atoms with Crippen LogP contribution in [-0.4, -0.2) is 119 Å². The van der Waals surface area contributed by atoms with E-state index in [0.717, 1.165) is 64.2 Å². The molecule has 5 atom stereocenters. The van der Waals surface area contributed by atoms with Crippen molar-refractivity contribution in [3.63, 3.8) is 0 Å². The van der Waals surface area contributed by atoms with Gasteiger partial charge in [0, 0.05) is 67.3 Å². The van der Waals surface area contributed by atoms with Crippen LogP contribution in [0.15, 0.2) is 79.3 Å². The van der Waals surface area contributed by atoms with E-state index >= 15 is 0 Å². The van der Waals surface area contributed by atoms with Gasteiger partial charge in [0.2, 0.25) is 5.91 Å². The predicted octanol–water partition coefficient (Wildman–Crippen LogP) is 5.28. The number of hydrogen-bond acceptors (Lipinski definition) is 10. The first-order chi connectivity index (χ1) is 30.1. The second-order valence-corrected chi connectivity index (χ2v) is 16.8. The second kappa shape index (κ2) is 19.4. The zero-order valence-corrected chi connectivity index (χ0v) is 35.1. The van der Waals surface area contributed by atoms with Crippen molar-refractivity contribution in [2.24, 2.45) is 5.41 Å². The van der Waals surface area contributed by atoms with E-state index in [2.05, 4.69) is 42.1 Å². The molecule has 5 heterocycles. The molecule has 4 N–H and O–H groups in total. The summed E-state index contributed by atoms with van der Waals surface area (Å²) in [7, 11) is 0.969. The molecule has 63 heavy (non-hydrogen) atoms. The summed E-state index contributed by atoms with van der Waals surface area (Å²) in [5, 5.41) is 22.8. The van der Waals surface area contributed by atoms with Crippen LogP contribution in [0, 0.1) is 17.3 Å². The van der Waals surface area contributed by atoms with Crippen molar-refractivity contribution in [1.29, 1.82) is 0 Å². The maximum atomic E-state index is 14.2. The summed E-state index contributed by atoms with van der Waals surface area (Å²) in [6.45, 7) is 2.49. The zero-order chi connectivity index (χ0) is 44.9. The summed E-state index contributed by atoms with van der Waals surface area (Å²) in [6, 6.07) is 16.3. The number of hydrogen-bond donors (Lipinski definition) is 4. The highest BCUT2D eigenvalue weighted by molar-refractivity contribution is 5.87. The average Bonchev–Trinajstić information content (AvgIpc) is 3.83. The summed E-state index contributed by atoms with van der Waals surface area (Å²) in [4.78, 5) is 35.5. The molecule has 7 rings (SSSR count). The van der Waals surface area contributed by atoms with E-state index in [4.69, 9.17) is 9.72 Å². The smallest absolute Gasteiger partial charge is 0.407 e. The molecule has 2 aromatic heterocycles. The van der Waals surface area contributed by atoms with Gasteiger partial charge in [0.25, 0.3) is 0 Å². The number of benzene rings is 2. The van der Waals surface area contributed by atoms with Crippen LogP contribution in [0.3, 0.4) is 0 Å². The van der Waals surface area contributed by atoms with Gasteiger partial charge in [-0.05, 0) is 74.1 Å². The first-order valence-corrected chi connectivity index (χ1v) is 20.8. The van der Waals surface area contributed by atoms with Gasteiger partial charge < -0.3 is 35.4 Å². The van der Waals surface area contributed by atoms with Crippen molar-refractivity contribution >= 4 is 17.8 Å². The maximum absolute atomic E-state index is 14.2. The van der Waals surface area contributed by atoms with Crippen molar-refractivity contribution < 1.29 is 46.1 Å². The Hall–Kier alpha value is -5.61. The normalized spacial score (nSPS) is 19.4. The highest BCUT2D eigenvalue weighted by atomic mass is 19.4. The average molecular weight is 879 g/mol. The van der Waals surface area contributed by atoms with Gasteiger partial charge in [0.1, 0.15) is 11.9 Å². The van der Waals surface area contributed by atoms with E-state index in [0.29, 0.717) is 45.1 Å². The number of rotatable bonds is 15. The monoisotopic (exact) mass is 878 g/mol. The van der Waals surface area contributed by atoms with Crippen LogP contribution >= 0.6 is 0 Å². The minimum atomic E-state index is -4.90. The molecule has 3 aliphatic heterocycles. The largest absolute Gasteiger partial charge is 0.453 e. The molecule has 0 saturated carbocycles. The molecular weight excluding hydrogens is 828 g/mol. The number of fused-ring (bicyclic) bond motifs is 2. The molecule has 13 nitrogen and oxygen atoms in total. The van der Waals surface area contributed by atoms with Gasteiger partial charge in [0.15, 0.2) is 0 Å². The van der Waals surface area contributed by atoms with Crippen LogP contribution in [0.2, 0.25) is 0 Å². The maximum Gasteiger partial charge on any atom is 0.407 e. The van der Waals surface area contributed by atoms with Crippen LogP contribution in [0.25, 0.3) is 11.1 Å². The van der Waals surface area contributed by atoms with Gasteiger partial charge in [-0.25, -0.2) is 14.5 Å². The fraction of sp³-hybridized carbons (Fsp3) is 0.467. The topological polar surface area (TPSA) is 146 Å². The molecule has 0 spiro atoms. The Morgan fingerprint density at radius 3 is 2.11 bits per heavy atom. The van der Waals surface area contributed by atoms with Gasteiger partial charge in [-0.1, -0.05) is 48.2 Å². The number of aliphatic hydroxyl groups excluding tert-OH is 1. The van der Waals surface area contributed by atoms with Crippen LogP contribution < -0.4 is 20.9 Å². The fourth-order valence-electron chi connectivity index (χ4n) is 8.26. The molecule has 2 bridgehead atoms. The molecule has 3 fully saturated rings. The minimum absolute atomic E-state index is 0.0104. The summed E-state index contributed by atoms with van der Waals surface area (Å²) in [5.74, 6) is 6.04. The van der Waals surface area contributed by atoms with Gasteiger partial charge in [-0.3, -0.25) is 9.69 Å². The standard InChI is InChI=1S/C45H51F5N8O5/c1-44(2,45(48,49)50)40(55-43(61)62-3)41(60)54-37(38(59)22-51-19-30-10-13-32(14-11-30)33-21-53-57(23-33)42(46)47)18-29-7-4-28(5-8-29)6-9-31-12-17-39(52-20-31)56-24-34-15-16-35(25-56)58(34)36-26-63-27-36/h4-5,7-8,10-14,17,20-21,23,34-38,40,42,51,59H,15-16,18-19,22,24-27H2,1-3H3,(H,54,60)(H,55,61)/t34?,35?,37-,38-,40+/m0/s1. The quantitative estimate of drug-likeness (QED) is 0.0920. The minimum Gasteiger partial charge on any atom is -0.453 e. The Morgan fingerprint density at radius 2 is 1.54 bits per heavy atom. The number of carbonyl (C=O) groups excluding carboxylic acids is 2. The second-order valence-electron chi connectivity index (χ2n) is 16.8. The number of nitrogens with zero attached hydrogens (tertiary/aromatic N) is 5. The number of piperazine rings is 1. The number of ether oxygens (including phenoxy) is 2. The molecule has 0 aliphatic carbocycles. The summed E-state index contributed by atoms with van der Waals surface area (Å²) in [6.07, 6.45) is -0.730. The van der Waals surface area contributed by atoms with E-state index < -0.39 is 48.3 Å². The molecular formula is C45H51F5N8O5. The number of amides is 2. The Morgan fingerprint density at radius 1 is 0.889 bits per heavy atom. The number of methoxy groups -OCH3 is 1. The number of pyridine rings is 1. The lowest BCUT2D eigenvalue weighted by atomic mass is 9.82. The predicted molar refractivity (Wildman–Crippen MR) is 224 cm³/mol. The highest BCUT2D eigenvalue weighted by Crippen LogP contribution is 2.41. The van der Waals surface area contributed by atoms with Crippen LogP contribution in [0.4, 0.5) is 32.6 Å². The lowest BCUT2D eigenvalue weighted by Gasteiger charge is -2.47. The van der Waals surface area contributed by atoms with Gasteiger partial charge in [0.05, 0.1) is 50.1 Å². The number of aliphatic hydroxyl groups is 1. The van der Waals surface area contributed by atoms with Crippen molar-refractivity contribution in [2.75, 3.05) is 44.9 Å². The number of anilines is 1. The molecule has 3 saturated heterocycles.